The van der Waals surface area contributed by atoms with Gasteiger partial charge in [0.1, 0.15) is 11.5 Å². The summed E-state index contributed by atoms with van der Waals surface area (Å²) in [6.07, 6.45) is -4.67. The van der Waals surface area contributed by atoms with Crippen molar-refractivity contribution >= 4 is 21.6 Å². The molecule has 1 aromatic heterocycles. The Hall–Kier alpha value is -1.63. The molecule has 2 aromatic rings. The van der Waals surface area contributed by atoms with Gasteiger partial charge < -0.3 is 14.5 Å². The van der Waals surface area contributed by atoms with Crippen LogP contribution >= 0.6 is 15.9 Å². The van der Waals surface area contributed by atoms with E-state index in [9.17, 15) is 13.2 Å². The van der Waals surface area contributed by atoms with Crippen molar-refractivity contribution in [3.8, 4) is 5.75 Å². The summed E-state index contributed by atoms with van der Waals surface area (Å²) in [4.78, 5) is 0. The molecule has 0 aliphatic rings. The van der Waals surface area contributed by atoms with Gasteiger partial charge in [-0.2, -0.15) is 0 Å². The van der Waals surface area contributed by atoms with Crippen LogP contribution in [0, 0.1) is 0 Å². The van der Waals surface area contributed by atoms with Gasteiger partial charge in [-0.25, -0.2) is 0 Å². The van der Waals surface area contributed by atoms with Crippen LogP contribution in [0.1, 0.15) is 5.76 Å². The molecule has 0 saturated heterocycles. The average Bonchev–Trinajstić information content (AvgIpc) is 2.72. The van der Waals surface area contributed by atoms with Crippen molar-refractivity contribution < 1.29 is 22.3 Å². The Kier molecular flexibility index (Phi) is 4.04. The van der Waals surface area contributed by atoms with E-state index in [1.165, 1.54) is 24.3 Å². The number of ether oxygens (including phenoxy) is 1. The van der Waals surface area contributed by atoms with Crippen molar-refractivity contribution in [3.05, 3.63) is 46.8 Å². The lowest BCUT2D eigenvalue weighted by Gasteiger charge is -2.09. The monoisotopic (exact) mass is 335 g/mol. The van der Waals surface area contributed by atoms with E-state index in [0.29, 0.717) is 22.7 Å². The first-order chi connectivity index (χ1) is 8.92. The minimum Gasteiger partial charge on any atom is -0.452 e. The van der Waals surface area contributed by atoms with Gasteiger partial charge in [-0.05, 0) is 52.3 Å². The number of benzene rings is 1. The summed E-state index contributed by atoms with van der Waals surface area (Å²) >= 11 is 3.18. The van der Waals surface area contributed by atoms with Crippen LogP contribution in [0.4, 0.5) is 18.9 Å². The fraction of sp³-hybridized carbons (Fsp3) is 0.167. The van der Waals surface area contributed by atoms with Gasteiger partial charge in [0.05, 0.1) is 6.54 Å². The van der Waals surface area contributed by atoms with E-state index in [-0.39, 0.29) is 5.75 Å². The molecular weight excluding hydrogens is 327 g/mol. The van der Waals surface area contributed by atoms with E-state index >= 15 is 0 Å². The third-order valence-electron chi connectivity index (χ3n) is 2.18. The van der Waals surface area contributed by atoms with Gasteiger partial charge >= 0.3 is 6.36 Å². The molecule has 0 fully saturated rings. The normalized spacial score (nSPS) is 11.4. The van der Waals surface area contributed by atoms with Crippen molar-refractivity contribution in [1.29, 1.82) is 0 Å². The Morgan fingerprint density at radius 3 is 2.32 bits per heavy atom. The maximum atomic E-state index is 12.0. The summed E-state index contributed by atoms with van der Waals surface area (Å²) in [6.45, 7) is 0.436. The quantitative estimate of drug-likeness (QED) is 0.889. The van der Waals surface area contributed by atoms with Gasteiger partial charge in [0, 0.05) is 5.69 Å². The Bertz CT molecular complexity index is 537. The molecule has 0 bridgehead atoms. The van der Waals surface area contributed by atoms with Crippen LogP contribution in [0.3, 0.4) is 0 Å². The molecule has 0 atom stereocenters. The van der Waals surface area contributed by atoms with Crippen LogP contribution in [0.25, 0.3) is 0 Å². The van der Waals surface area contributed by atoms with E-state index in [0.717, 1.165) is 0 Å². The third kappa shape index (κ3) is 4.51. The van der Waals surface area contributed by atoms with Crippen molar-refractivity contribution in [3.63, 3.8) is 0 Å². The predicted molar refractivity (Wildman–Crippen MR) is 66.9 cm³/mol. The molecule has 0 saturated carbocycles. The number of hydrogen-bond donors (Lipinski definition) is 1. The van der Waals surface area contributed by atoms with Crippen LogP contribution < -0.4 is 10.1 Å². The zero-order valence-electron chi connectivity index (χ0n) is 9.50. The lowest BCUT2D eigenvalue weighted by molar-refractivity contribution is -0.274. The SMILES string of the molecule is FC(F)(F)Oc1ccc(NCc2ccc(Br)o2)cc1. The van der Waals surface area contributed by atoms with Crippen LogP contribution in [0.15, 0.2) is 45.5 Å². The molecule has 3 nitrogen and oxygen atoms in total. The molecule has 102 valence electrons. The maximum Gasteiger partial charge on any atom is 0.573 e. The molecule has 19 heavy (non-hydrogen) atoms. The lowest BCUT2D eigenvalue weighted by atomic mass is 10.3. The van der Waals surface area contributed by atoms with Gasteiger partial charge in [0.2, 0.25) is 0 Å². The summed E-state index contributed by atoms with van der Waals surface area (Å²) in [7, 11) is 0. The summed E-state index contributed by atoms with van der Waals surface area (Å²) in [5.74, 6) is 0.460. The van der Waals surface area contributed by atoms with Crippen molar-refractivity contribution in [2.24, 2.45) is 0 Å². The zero-order valence-corrected chi connectivity index (χ0v) is 11.1. The topological polar surface area (TPSA) is 34.4 Å². The average molecular weight is 336 g/mol. The zero-order chi connectivity index (χ0) is 13.9. The molecule has 1 heterocycles. The second-order valence-corrected chi connectivity index (χ2v) is 4.41. The Balaban J connectivity index is 1.91. The molecule has 2 rings (SSSR count). The first kappa shape index (κ1) is 13.8. The molecule has 7 heteroatoms. The van der Waals surface area contributed by atoms with Crippen molar-refractivity contribution in [2.45, 2.75) is 12.9 Å². The highest BCUT2D eigenvalue weighted by atomic mass is 79.9. The Morgan fingerprint density at radius 1 is 1.11 bits per heavy atom. The van der Waals surface area contributed by atoms with E-state index < -0.39 is 6.36 Å². The minimum absolute atomic E-state index is 0.251. The van der Waals surface area contributed by atoms with Crippen LogP contribution in [0.5, 0.6) is 5.75 Å². The number of rotatable bonds is 4. The maximum absolute atomic E-state index is 12.0. The first-order valence-corrected chi connectivity index (χ1v) is 6.05. The smallest absolute Gasteiger partial charge is 0.452 e. The molecule has 1 aromatic carbocycles. The molecule has 0 unspecified atom stereocenters. The van der Waals surface area contributed by atoms with Gasteiger partial charge in [-0.15, -0.1) is 13.2 Å². The molecular formula is C12H9BrF3NO2. The van der Waals surface area contributed by atoms with Crippen molar-refractivity contribution in [1.82, 2.24) is 0 Å². The second kappa shape index (κ2) is 5.56. The summed E-state index contributed by atoms with van der Waals surface area (Å²) in [5, 5.41) is 3.01. The van der Waals surface area contributed by atoms with Gasteiger partial charge in [0.25, 0.3) is 0 Å². The standard InChI is InChI=1S/C12H9BrF3NO2/c13-11-6-5-10(18-11)7-17-8-1-3-9(4-2-8)19-12(14,15)16/h1-6,17H,7H2. The highest BCUT2D eigenvalue weighted by Gasteiger charge is 2.30. The predicted octanol–water partition coefficient (Wildman–Crippen LogP) is 4.55. The minimum atomic E-state index is -4.67. The lowest BCUT2D eigenvalue weighted by Crippen LogP contribution is -2.17. The fourth-order valence-electron chi connectivity index (χ4n) is 1.41. The molecule has 0 amide bonds. The molecule has 0 spiro atoms. The first-order valence-electron chi connectivity index (χ1n) is 5.26. The Labute approximate surface area is 115 Å². The summed E-state index contributed by atoms with van der Waals surface area (Å²) in [6, 6.07) is 9.04. The van der Waals surface area contributed by atoms with Gasteiger partial charge in [0.15, 0.2) is 4.67 Å². The van der Waals surface area contributed by atoms with E-state index in [1.807, 2.05) is 0 Å². The van der Waals surface area contributed by atoms with E-state index in [4.69, 9.17) is 4.42 Å². The van der Waals surface area contributed by atoms with E-state index in [1.54, 1.807) is 12.1 Å². The number of halogens is 4. The number of anilines is 1. The molecule has 0 radical (unpaired) electrons. The second-order valence-electron chi connectivity index (χ2n) is 3.63. The number of nitrogens with one attached hydrogen (secondary N) is 1. The van der Waals surface area contributed by atoms with Crippen molar-refractivity contribution in [2.75, 3.05) is 5.32 Å². The summed E-state index contributed by atoms with van der Waals surface area (Å²) < 4.78 is 45.5. The number of alkyl halides is 3. The number of hydrogen-bond acceptors (Lipinski definition) is 3. The van der Waals surface area contributed by atoms with Gasteiger partial charge in [-0.1, -0.05) is 0 Å². The highest BCUT2D eigenvalue weighted by Crippen LogP contribution is 2.24. The molecule has 1 N–H and O–H groups in total. The van der Waals surface area contributed by atoms with Crippen LogP contribution in [-0.4, -0.2) is 6.36 Å². The largest absolute Gasteiger partial charge is 0.573 e. The van der Waals surface area contributed by atoms with Gasteiger partial charge in [-0.3, -0.25) is 0 Å². The molecule has 0 aliphatic heterocycles. The third-order valence-corrected chi connectivity index (χ3v) is 2.61. The van der Waals surface area contributed by atoms with Crippen LogP contribution in [0.2, 0.25) is 0 Å². The summed E-state index contributed by atoms with van der Waals surface area (Å²) in [5.41, 5.74) is 0.669. The van der Waals surface area contributed by atoms with Crippen LogP contribution in [-0.2, 0) is 6.54 Å². The highest BCUT2D eigenvalue weighted by molar-refractivity contribution is 9.10. The molecule has 0 aliphatic carbocycles. The Morgan fingerprint density at radius 2 is 1.79 bits per heavy atom. The number of furan rings is 1. The fourth-order valence-corrected chi connectivity index (χ4v) is 1.75. The van der Waals surface area contributed by atoms with E-state index in [2.05, 4.69) is 26.0 Å².